The summed E-state index contributed by atoms with van der Waals surface area (Å²) in [5.41, 5.74) is 2.49. The van der Waals surface area contributed by atoms with Crippen LogP contribution in [0.3, 0.4) is 0 Å². The summed E-state index contributed by atoms with van der Waals surface area (Å²) in [6.07, 6.45) is 1.54. The van der Waals surface area contributed by atoms with Crippen molar-refractivity contribution in [2.45, 2.75) is 25.7 Å². The van der Waals surface area contributed by atoms with Gasteiger partial charge >= 0.3 is 0 Å². The maximum absolute atomic E-state index is 12.5. The number of rotatable bonds is 3. The van der Waals surface area contributed by atoms with Crippen molar-refractivity contribution in [1.82, 2.24) is 4.98 Å². The molecule has 0 saturated heterocycles. The summed E-state index contributed by atoms with van der Waals surface area (Å²) in [6.45, 7) is 5.53. The van der Waals surface area contributed by atoms with Crippen molar-refractivity contribution < 1.29 is 8.42 Å². The maximum Gasteiger partial charge on any atom is 0.263 e. The molecule has 0 bridgehead atoms. The lowest BCUT2D eigenvalue weighted by Crippen LogP contribution is -2.16. The number of halogens is 1. The van der Waals surface area contributed by atoms with Gasteiger partial charge in [0.15, 0.2) is 0 Å². The number of anilines is 1. The van der Waals surface area contributed by atoms with E-state index in [1.165, 1.54) is 6.20 Å². The molecule has 0 fully saturated rings. The molecule has 6 heteroatoms. The van der Waals surface area contributed by atoms with Crippen molar-refractivity contribution in [3.8, 4) is 0 Å². The minimum absolute atomic E-state index is 0.291. The van der Waals surface area contributed by atoms with Crippen molar-refractivity contribution >= 4 is 31.8 Å². The van der Waals surface area contributed by atoms with Gasteiger partial charge in [0.1, 0.15) is 5.82 Å². The number of nitrogens with zero attached hydrogens (tertiary/aromatic N) is 1. The minimum atomic E-state index is -3.64. The fourth-order valence-corrected chi connectivity index (χ4v) is 4.03. The van der Waals surface area contributed by atoms with E-state index in [9.17, 15) is 8.42 Å². The van der Waals surface area contributed by atoms with E-state index >= 15 is 0 Å². The molecule has 2 rings (SSSR count). The summed E-state index contributed by atoms with van der Waals surface area (Å²) in [5.74, 6) is 0.291. The molecule has 106 valence electrons. The fraction of sp³-hybridized carbons (Fsp3) is 0.214. The molecule has 0 atom stereocenters. The monoisotopic (exact) mass is 354 g/mol. The van der Waals surface area contributed by atoms with Crippen molar-refractivity contribution in [2.75, 3.05) is 4.72 Å². The van der Waals surface area contributed by atoms with E-state index in [1.807, 2.05) is 19.1 Å². The molecule has 0 unspecified atom stereocenters. The van der Waals surface area contributed by atoms with Gasteiger partial charge < -0.3 is 0 Å². The molecular weight excluding hydrogens is 340 g/mol. The van der Waals surface area contributed by atoms with Gasteiger partial charge in [-0.05, 0) is 44.0 Å². The minimum Gasteiger partial charge on any atom is -0.263 e. The molecule has 20 heavy (non-hydrogen) atoms. The van der Waals surface area contributed by atoms with Crippen LogP contribution < -0.4 is 4.72 Å². The van der Waals surface area contributed by atoms with Crippen LogP contribution >= 0.6 is 15.9 Å². The predicted octanol–water partition coefficient (Wildman–Crippen LogP) is 3.57. The number of aromatic nitrogens is 1. The standard InChI is InChI=1S/C14H15BrN2O2S/c1-9-6-10(2)14(11(3)7-9)20(18,19)17-13-8-12(15)4-5-16-13/h4-8H,1-3H3,(H,16,17). The Hall–Kier alpha value is -1.40. The first kappa shape index (κ1) is 15.0. The van der Waals surface area contributed by atoms with E-state index in [1.54, 1.807) is 26.0 Å². The van der Waals surface area contributed by atoms with Crippen LogP contribution in [0.1, 0.15) is 16.7 Å². The van der Waals surface area contributed by atoms with Crippen LogP contribution in [-0.4, -0.2) is 13.4 Å². The molecule has 0 aliphatic rings. The molecule has 0 spiro atoms. The third kappa shape index (κ3) is 3.19. The average molecular weight is 355 g/mol. The van der Waals surface area contributed by atoms with Gasteiger partial charge in [-0.25, -0.2) is 13.4 Å². The van der Waals surface area contributed by atoms with Crippen LogP contribution in [0.4, 0.5) is 5.82 Å². The number of pyridine rings is 1. The van der Waals surface area contributed by atoms with Crippen LogP contribution in [0.5, 0.6) is 0 Å². The second-order valence-corrected chi connectivity index (χ2v) is 7.23. The summed E-state index contributed by atoms with van der Waals surface area (Å²) in [7, 11) is -3.64. The molecule has 1 heterocycles. The van der Waals surface area contributed by atoms with E-state index in [2.05, 4.69) is 25.6 Å². The Morgan fingerprint density at radius 1 is 1.10 bits per heavy atom. The Morgan fingerprint density at radius 2 is 1.70 bits per heavy atom. The van der Waals surface area contributed by atoms with Crippen LogP contribution in [0.15, 0.2) is 39.8 Å². The average Bonchev–Trinajstić information content (AvgIpc) is 2.25. The molecule has 0 aliphatic carbocycles. The Bertz CT molecular complexity index is 735. The third-order valence-corrected chi connectivity index (χ3v) is 4.99. The molecule has 4 nitrogen and oxygen atoms in total. The summed E-state index contributed by atoms with van der Waals surface area (Å²) in [5, 5.41) is 0. The zero-order valence-electron chi connectivity index (χ0n) is 11.4. The van der Waals surface area contributed by atoms with Crippen LogP contribution in [0.2, 0.25) is 0 Å². The van der Waals surface area contributed by atoms with Gasteiger partial charge in [0, 0.05) is 10.7 Å². The Labute approximate surface area is 127 Å². The summed E-state index contributed by atoms with van der Waals surface area (Å²) in [4.78, 5) is 4.32. The predicted molar refractivity (Wildman–Crippen MR) is 83.4 cm³/mol. The van der Waals surface area contributed by atoms with Crippen molar-refractivity contribution in [2.24, 2.45) is 0 Å². The summed E-state index contributed by atoms with van der Waals surface area (Å²) < 4.78 is 28.3. The van der Waals surface area contributed by atoms with E-state index in [0.29, 0.717) is 10.7 Å². The van der Waals surface area contributed by atoms with Gasteiger partial charge in [-0.1, -0.05) is 33.6 Å². The SMILES string of the molecule is Cc1cc(C)c(S(=O)(=O)Nc2cc(Br)ccn2)c(C)c1. The highest BCUT2D eigenvalue weighted by Gasteiger charge is 2.20. The number of sulfonamides is 1. The second kappa shape index (κ2) is 5.54. The zero-order valence-corrected chi connectivity index (χ0v) is 13.8. The van der Waals surface area contributed by atoms with E-state index < -0.39 is 10.0 Å². The van der Waals surface area contributed by atoms with Crippen molar-refractivity contribution in [3.05, 3.63) is 51.6 Å². The first-order valence-corrected chi connectivity index (χ1v) is 8.29. The Kier molecular flexibility index (Phi) is 4.15. The summed E-state index contributed by atoms with van der Waals surface area (Å²) in [6, 6.07) is 7.07. The fourth-order valence-electron chi connectivity index (χ4n) is 2.24. The number of benzene rings is 1. The first-order chi connectivity index (χ1) is 9.29. The van der Waals surface area contributed by atoms with Gasteiger partial charge in [0.25, 0.3) is 10.0 Å². The highest BCUT2D eigenvalue weighted by molar-refractivity contribution is 9.10. The van der Waals surface area contributed by atoms with Gasteiger partial charge in [0.2, 0.25) is 0 Å². The van der Waals surface area contributed by atoms with E-state index in [-0.39, 0.29) is 0 Å². The number of nitrogens with one attached hydrogen (secondary N) is 1. The molecule has 1 aromatic heterocycles. The molecule has 0 saturated carbocycles. The Morgan fingerprint density at radius 3 is 2.25 bits per heavy atom. The number of aryl methyl sites for hydroxylation is 3. The first-order valence-electron chi connectivity index (χ1n) is 6.02. The molecule has 0 aliphatic heterocycles. The van der Waals surface area contributed by atoms with Gasteiger partial charge in [0.05, 0.1) is 4.90 Å². The highest BCUT2D eigenvalue weighted by atomic mass is 79.9. The van der Waals surface area contributed by atoms with Gasteiger partial charge in [-0.15, -0.1) is 0 Å². The Balaban J connectivity index is 2.46. The molecule has 2 aromatic rings. The lowest BCUT2D eigenvalue weighted by molar-refractivity contribution is 0.600. The lowest BCUT2D eigenvalue weighted by atomic mass is 10.1. The van der Waals surface area contributed by atoms with Gasteiger partial charge in [-0.2, -0.15) is 0 Å². The van der Waals surface area contributed by atoms with Crippen molar-refractivity contribution in [1.29, 1.82) is 0 Å². The second-order valence-electron chi connectivity index (χ2n) is 4.69. The van der Waals surface area contributed by atoms with Crippen LogP contribution in [-0.2, 0) is 10.0 Å². The highest BCUT2D eigenvalue weighted by Crippen LogP contribution is 2.24. The van der Waals surface area contributed by atoms with Crippen LogP contribution in [0, 0.1) is 20.8 Å². The van der Waals surface area contributed by atoms with Crippen LogP contribution in [0.25, 0.3) is 0 Å². The molecule has 0 amide bonds. The third-order valence-electron chi connectivity index (χ3n) is 2.83. The molecule has 1 aromatic carbocycles. The van der Waals surface area contributed by atoms with Crippen molar-refractivity contribution in [3.63, 3.8) is 0 Å². The van der Waals surface area contributed by atoms with E-state index in [4.69, 9.17) is 0 Å². The summed E-state index contributed by atoms with van der Waals surface area (Å²) >= 11 is 3.29. The number of hydrogen-bond donors (Lipinski definition) is 1. The normalized spacial score (nSPS) is 11.4. The van der Waals surface area contributed by atoms with E-state index in [0.717, 1.165) is 21.2 Å². The molecular formula is C14H15BrN2O2S. The quantitative estimate of drug-likeness (QED) is 0.916. The topological polar surface area (TPSA) is 59.1 Å². The smallest absolute Gasteiger partial charge is 0.263 e. The molecule has 0 radical (unpaired) electrons. The lowest BCUT2D eigenvalue weighted by Gasteiger charge is -2.13. The maximum atomic E-state index is 12.5. The molecule has 1 N–H and O–H groups in total. The zero-order chi connectivity index (χ0) is 14.9. The van der Waals surface area contributed by atoms with Gasteiger partial charge in [-0.3, -0.25) is 4.72 Å². The largest absolute Gasteiger partial charge is 0.263 e. The number of hydrogen-bond acceptors (Lipinski definition) is 3.